The second-order valence-corrected chi connectivity index (χ2v) is 6.86. The molecule has 0 aliphatic carbocycles. The lowest BCUT2D eigenvalue weighted by molar-refractivity contribution is -0.120. The number of pyridine rings is 1. The van der Waals surface area contributed by atoms with E-state index in [4.69, 9.17) is 0 Å². The van der Waals surface area contributed by atoms with Crippen LogP contribution in [0.2, 0.25) is 0 Å². The molecule has 1 N–H and O–H groups in total. The molecule has 0 bridgehead atoms. The Morgan fingerprint density at radius 1 is 1.07 bits per heavy atom. The third kappa shape index (κ3) is 5.25. The van der Waals surface area contributed by atoms with Crippen molar-refractivity contribution in [2.24, 2.45) is 0 Å². The van der Waals surface area contributed by atoms with E-state index < -0.39 is 11.9 Å². The smallest absolute Gasteiger partial charge is 0.254 e. The number of carbonyl (C=O) groups is 2. The van der Waals surface area contributed by atoms with Gasteiger partial charge in [-0.2, -0.15) is 0 Å². The molecule has 1 atom stereocenters. The Morgan fingerprint density at radius 2 is 1.76 bits per heavy atom. The number of nitrogens with zero attached hydrogens (tertiary/aromatic N) is 2. The van der Waals surface area contributed by atoms with Crippen LogP contribution in [0.3, 0.4) is 0 Å². The minimum absolute atomic E-state index is 0.301. The van der Waals surface area contributed by atoms with Crippen molar-refractivity contribution in [1.29, 1.82) is 0 Å². The number of hydrogen-bond donors (Lipinski definition) is 1. The molecule has 1 heterocycles. The highest BCUT2D eigenvalue weighted by Gasteiger charge is 2.28. The monoisotopic (exact) mass is 391 g/mol. The Kier molecular flexibility index (Phi) is 6.34. The molecule has 148 valence electrons. The van der Waals surface area contributed by atoms with Crippen LogP contribution in [0.1, 0.15) is 21.5 Å². The van der Waals surface area contributed by atoms with Crippen LogP contribution in [-0.2, 0) is 11.2 Å². The van der Waals surface area contributed by atoms with E-state index in [-0.39, 0.29) is 11.8 Å². The van der Waals surface area contributed by atoms with Gasteiger partial charge in [-0.15, -0.1) is 0 Å². The summed E-state index contributed by atoms with van der Waals surface area (Å²) in [5.41, 5.74) is 2.88. The third-order valence-corrected chi connectivity index (χ3v) is 4.65. The van der Waals surface area contributed by atoms with Crippen LogP contribution >= 0.6 is 0 Å². The molecule has 5 nitrogen and oxygen atoms in total. The summed E-state index contributed by atoms with van der Waals surface area (Å²) in [7, 11) is 1.57. The summed E-state index contributed by atoms with van der Waals surface area (Å²) in [4.78, 5) is 31.4. The summed E-state index contributed by atoms with van der Waals surface area (Å²) in [6.45, 7) is 1.96. The fraction of sp³-hybridized carbons (Fsp3) is 0.174. The Labute approximate surface area is 169 Å². The van der Waals surface area contributed by atoms with Gasteiger partial charge in [0.15, 0.2) is 0 Å². The zero-order valence-electron chi connectivity index (χ0n) is 16.3. The van der Waals surface area contributed by atoms with Crippen LogP contribution < -0.4 is 5.32 Å². The van der Waals surface area contributed by atoms with Crippen molar-refractivity contribution < 1.29 is 14.0 Å². The standard InChI is InChI=1S/C23H22FN3O2/c1-16-5-11-20(12-6-16)26-22(28)21(14-17-4-3-13-25-15-17)27(2)23(29)18-7-9-19(24)10-8-18/h3-13,15,21H,14H2,1-2H3,(H,26,28)/t21-/m0/s1. The van der Waals surface area contributed by atoms with Crippen LogP contribution in [0.5, 0.6) is 0 Å². The molecular formula is C23H22FN3O2. The van der Waals surface area contributed by atoms with Crippen LogP contribution in [-0.4, -0.2) is 34.8 Å². The molecule has 2 aromatic carbocycles. The number of anilines is 1. The van der Waals surface area contributed by atoms with Crippen LogP contribution in [0.4, 0.5) is 10.1 Å². The molecule has 2 amide bonds. The molecule has 1 aromatic heterocycles. The van der Waals surface area contributed by atoms with Crippen molar-refractivity contribution in [3.63, 3.8) is 0 Å². The molecule has 6 heteroatoms. The van der Waals surface area contributed by atoms with E-state index in [0.717, 1.165) is 11.1 Å². The van der Waals surface area contributed by atoms with Crippen LogP contribution in [0.25, 0.3) is 0 Å². The van der Waals surface area contributed by atoms with Crippen molar-refractivity contribution in [3.8, 4) is 0 Å². The SMILES string of the molecule is Cc1ccc(NC(=O)[C@H](Cc2cccnc2)N(C)C(=O)c2ccc(F)cc2)cc1. The Hall–Kier alpha value is -3.54. The maximum Gasteiger partial charge on any atom is 0.254 e. The number of rotatable bonds is 6. The number of carbonyl (C=O) groups excluding carboxylic acids is 2. The first-order valence-electron chi connectivity index (χ1n) is 9.23. The summed E-state index contributed by atoms with van der Waals surface area (Å²) in [5, 5.41) is 2.87. The van der Waals surface area contributed by atoms with Gasteiger partial charge in [0.2, 0.25) is 5.91 Å². The molecule has 29 heavy (non-hydrogen) atoms. The number of aryl methyl sites for hydroxylation is 1. The molecule has 0 saturated heterocycles. The number of halogens is 1. The van der Waals surface area contributed by atoms with E-state index in [1.165, 1.54) is 29.2 Å². The molecule has 0 fully saturated rings. The van der Waals surface area contributed by atoms with Crippen molar-refractivity contribution in [1.82, 2.24) is 9.88 Å². The van der Waals surface area contributed by atoms with E-state index in [0.29, 0.717) is 17.7 Å². The molecule has 0 unspecified atom stereocenters. The largest absolute Gasteiger partial charge is 0.329 e. The van der Waals surface area contributed by atoms with Gasteiger partial charge in [0.1, 0.15) is 11.9 Å². The zero-order chi connectivity index (χ0) is 20.8. The van der Waals surface area contributed by atoms with Gasteiger partial charge in [-0.3, -0.25) is 14.6 Å². The average Bonchev–Trinajstić information content (AvgIpc) is 2.74. The highest BCUT2D eigenvalue weighted by molar-refractivity contribution is 6.01. The van der Waals surface area contributed by atoms with E-state index >= 15 is 0 Å². The Morgan fingerprint density at radius 3 is 2.38 bits per heavy atom. The van der Waals surface area contributed by atoms with Gasteiger partial charge in [-0.25, -0.2) is 4.39 Å². The van der Waals surface area contributed by atoms with Crippen molar-refractivity contribution in [3.05, 3.63) is 95.6 Å². The van der Waals surface area contributed by atoms with Gasteiger partial charge >= 0.3 is 0 Å². The van der Waals surface area contributed by atoms with Crippen molar-refractivity contribution >= 4 is 17.5 Å². The fourth-order valence-corrected chi connectivity index (χ4v) is 2.95. The average molecular weight is 391 g/mol. The van der Waals surface area contributed by atoms with Gasteiger partial charge in [-0.05, 0) is 55.0 Å². The summed E-state index contributed by atoms with van der Waals surface area (Å²) < 4.78 is 13.2. The van der Waals surface area contributed by atoms with E-state index in [1.54, 1.807) is 25.5 Å². The predicted molar refractivity (Wildman–Crippen MR) is 110 cm³/mol. The minimum atomic E-state index is -0.766. The van der Waals surface area contributed by atoms with Gasteiger partial charge < -0.3 is 10.2 Å². The third-order valence-electron chi connectivity index (χ3n) is 4.65. The maximum absolute atomic E-state index is 13.2. The minimum Gasteiger partial charge on any atom is -0.329 e. The predicted octanol–water partition coefficient (Wildman–Crippen LogP) is 3.85. The normalized spacial score (nSPS) is 11.6. The summed E-state index contributed by atoms with van der Waals surface area (Å²) in [6.07, 6.45) is 3.62. The van der Waals surface area contributed by atoms with E-state index in [9.17, 15) is 14.0 Å². The fourth-order valence-electron chi connectivity index (χ4n) is 2.95. The van der Waals surface area contributed by atoms with E-state index in [1.807, 2.05) is 37.3 Å². The first-order chi connectivity index (χ1) is 13.9. The highest BCUT2D eigenvalue weighted by Crippen LogP contribution is 2.15. The molecule has 3 rings (SSSR count). The number of amides is 2. The lowest BCUT2D eigenvalue weighted by Gasteiger charge is -2.27. The Balaban J connectivity index is 1.84. The van der Waals surface area contributed by atoms with Crippen molar-refractivity contribution in [2.75, 3.05) is 12.4 Å². The molecule has 3 aromatic rings. The lowest BCUT2D eigenvalue weighted by atomic mass is 10.0. The van der Waals surface area contributed by atoms with Gasteiger partial charge in [0.25, 0.3) is 5.91 Å². The first kappa shape index (κ1) is 20.2. The number of aromatic nitrogens is 1. The summed E-state index contributed by atoms with van der Waals surface area (Å²) >= 11 is 0. The zero-order valence-corrected chi connectivity index (χ0v) is 16.3. The second-order valence-electron chi connectivity index (χ2n) is 6.86. The molecule has 0 radical (unpaired) electrons. The number of likely N-dealkylation sites (N-methyl/N-ethyl adjacent to an activating group) is 1. The van der Waals surface area contributed by atoms with Gasteiger partial charge in [0.05, 0.1) is 0 Å². The van der Waals surface area contributed by atoms with Crippen molar-refractivity contribution in [2.45, 2.75) is 19.4 Å². The molecular weight excluding hydrogens is 369 g/mol. The number of nitrogens with one attached hydrogen (secondary N) is 1. The maximum atomic E-state index is 13.2. The topological polar surface area (TPSA) is 62.3 Å². The highest BCUT2D eigenvalue weighted by atomic mass is 19.1. The van der Waals surface area contributed by atoms with Crippen LogP contribution in [0, 0.1) is 12.7 Å². The van der Waals surface area contributed by atoms with Gasteiger partial charge in [-0.1, -0.05) is 23.8 Å². The molecule has 0 aliphatic heterocycles. The molecule has 0 spiro atoms. The molecule has 0 saturated carbocycles. The second kappa shape index (κ2) is 9.10. The summed E-state index contributed by atoms with van der Waals surface area (Å²) in [6, 6.07) is 15.6. The van der Waals surface area contributed by atoms with E-state index in [2.05, 4.69) is 10.3 Å². The first-order valence-corrected chi connectivity index (χ1v) is 9.23. The summed E-state index contributed by atoms with van der Waals surface area (Å²) in [5.74, 6) is -1.10. The quantitative estimate of drug-likeness (QED) is 0.694. The lowest BCUT2D eigenvalue weighted by Crippen LogP contribution is -2.46. The Bertz CT molecular complexity index is 973. The number of hydrogen-bond acceptors (Lipinski definition) is 3. The molecule has 0 aliphatic rings. The van der Waals surface area contributed by atoms with Crippen LogP contribution in [0.15, 0.2) is 73.1 Å². The van der Waals surface area contributed by atoms with Gasteiger partial charge in [0, 0.05) is 37.1 Å². The number of benzene rings is 2.